The summed E-state index contributed by atoms with van der Waals surface area (Å²) in [5.74, 6) is 0.474. The first kappa shape index (κ1) is 13.6. The highest BCUT2D eigenvalue weighted by atomic mass is 35.5. The standard InChI is InChI=1S/C12H16ClNO3/c1-14(7-6-12(15)17-3)11-5-4-9(16-2)8-10(11)13/h4-5,8H,6-7H2,1-3H3. The third-order valence-electron chi connectivity index (χ3n) is 2.45. The van der Waals surface area contributed by atoms with E-state index >= 15 is 0 Å². The summed E-state index contributed by atoms with van der Waals surface area (Å²) in [6, 6.07) is 5.43. The zero-order valence-electron chi connectivity index (χ0n) is 10.2. The molecule has 94 valence electrons. The van der Waals surface area contributed by atoms with Gasteiger partial charge in [0.1, 0.15) is 5.75 Å². The molecule has 0 atom stereocenters. The second-order valence-electron chi connectivity index (χ2n) is 3.57. The Morgan fingerprint density at radius 3 is 2.65 bits per heavy atom. The van der Waals surface area contributed by atoms with Crippen molar-refractivity contribution < 1.29 is 14.3 Å². The smallest absolute Gasteiger partial charge is 0.307 e. The number of methoxy groups -OCH3 is 2. The maximum atomic E-state index is 11.0. The monoisotopic (exact) mass is 257 g/mol. The molecule has 0 unspecified atom stereocenters. The highest BCUT2D eigenvalue weighted by molar-refractivity contribution is 6.33. The number of esters is 1. The van der Waals surface area contributed by atoms with Crippen LogP contribution in [0.25, 0.3) is 0 Å². The molecule has 1 aromatic carbocycles. The van der Waals surface area contributed by atoms with Crippen molar-refractivity contribution in [2.24, 2.45) is 0 Å². The van der Waals surface area contributed by atoms with E-state index in [1.54, 1.807) is 13.2 Å². The lowest BCUT2D eigenvalue weighted by atomic mass is 10.2. The Balaban J connectivity index is 2.68. The second kappa shape index (κ2) is 6.35. The lowest BCUT2D eigenvalue weighted by molar-refractivity contribution is -0.140. The predicted molar refractivity (Wildman–Crippen MR) is 67.9 cm³/mol. The number of rotatable bonds is 5. The molecule has 0 aliphatic carbocycles. The molecule has 0 N–H and O–H groups in total. The van der Waals surface area contributed by atoms with E-state index in [0.29, 0.717) is 23.7 Å². The lowest BCUT2D eigenvalue weighted by Crippen LogP contribution is -2.21. The van der Waals surface area contributed by atoms with Gasteiger partial charge in [-0.2, -0.15) is 0 Å². The van der Waals surface area contributed by atoms with Gasteiger partial charge in [0.2, 0.25) is 0 Å². The van der Waals surface area contributed by atoms with E-state index in [9.17, 15) is 4.79 Å². The van der Waals surface area contributed by atoms with Crippen molar-refractivity contribution in [3.05, 3.63) is 23.2 Å². The molecule has 5 heteroatoms. The number of carbonyl (C=O) groups excluding carboxylic acids is 1. The van der Waals surface area contributed by atoms with Gasteiger partial charge in [0.05, 0.1) is 31.4 Å². The second-order valence-corrected chi connectivity index (χ2v) is 3.97. The third kappa shape index (κ3) is 3.82. The van der Waals surface area contributed by atoms with Crippen molar-refractivity contribution in [2.45, 2.75) is 6.42 Å². The maximum absolute atomic E-state index is 11.0. The van der Waals surface area contributed by atoms with E-state index in [2.05, 4.69) is 4.74 Å². The van der Waals surface area contributed by atoms with Crippen LogP contribution in [-0.2, 0) is 9.53 Å². The SMILES string of the molecule is COC(=O)CCN(C)c1ccc(OC)cc1Cl. The number of benzene rings is 1. The molecule has 0 heterocycles. The van der Waals surface area contributed by atoms with E-state index in [1.807, 2.05) is 24.1 Å². The zero-order valence-corrected chi connectivity index (χ0v) is 11.0. The van der Waals surface area contributed by atoms with Crippen molar-refractivity contribution >= 4 is 23.3 Å². The summed E-state index contributed by atoms with van der Waals surface area (Å²) < 4.78 is 9.65. The van der Waals surface area contributed by atoms with Gasteiger partial charge in [-0.1, -0.05) is 11.6 Å². The normalized spacial score (nSPS) is 9.88. The van der Waals surface area contributed by atoms with Crippen LogP contribution in [-0.4, -0.2) is 33.8 Å². The number of carbonyl (C=O) groups is 1. The fraction of sp³-hybridized carbons (Fsp3) is 0.417. The van der Waals surface area contributed by atoms with Crippen LogP contribution in [0.2, 0.25) is 5.02 Å². The Bertz CT molecular complexity index is 395. The minimum Gasteiger partial charge on any atom is -0.497 e. The van der Waals surface area contributed by atoms with Gasteiger partial charge in [-0.3, -0.25) is 4.79 Å². The Kier molecular flexibility index (Phi) is 5.10. The molecule has 1 aromatic rings. The number of hydrogen-bond donors (Lipinski definition) is 0. The summed E-state index contributed by atoms with van der Waals surface area (Å²) in [6.07, 6.45) is 0.329. The minimum absolute atomic E-state index is 0.235. The first-order valence-electron chi connectivity index (χ1n) is 5.20. The average Bonchev–Trinajstić information content (AvgIpc) is 2.35. The highest BCUT2D eigenvalue weighted by Crippen LogP contribution is 2.29. The summed E-state index contributed by atoms with van der Waals surface area (Å²) in [5.41, 5.74) is 0.858. The molecule has 0 amide bonds. The van der Waals surface area contributed by atoms with Crippen LogP contribution in [0.3, 0.4) is 0 Å². The molecule has 1 rings (SSSR count). The topological polar surface area (TPSA) is 38.8 Å². The number of halogens is 1. The summed E-state index contributed by atoms with van der Waals surface area (Å²) >= 11 is 6.11. The van der Waals surface area contributed by atoms with Crippen LogP contribution < -0.4 is 9.64 Å². The Labute approximate surface area is 106 Å². The molecular formula is C12H16ClNO3. The first-order valence-corrected chi connectivity index (χ1v) is 5.57. The fourth-order valence-electron chi connectivity index (χ4n) is 1.41. The van der Waals surface area contributed by atoms with E-state index in [0.717, 1.165) is 5.69 Å². The summed E-state index contributed by atoms with van der Waals surface area (Å²) in [5, 5.41) is 0.594. The molecule has 0 bridgehead atoms. The van der Waals surface area contributed by atoms with Gasteiger partial charge >= 0.3 is 5.97 Å². The molecule has 0 aliphatic heterocycles. The summed E-state index contributed by atoms with van der Waals surface area (Å²) in [6.45, 7) is 0.554. The van der Waals surface area contributed by atoms with Crippen LogP contribution >= 0.6 is 11.6 Å². The van der Waals surface area contributed by atoms with Gasteiger partial charge in [0, 0.05) is 19.7 Å². The Morgan fingerprint density at radius 2 is 2.12 bits per heavy atom. The zero-order chi connectivity index (χ0) is 12.8. The molecule has 0 fully saturated rings. The van der Waals surface area contributed by atoms with E-state index < -0.39 is 0 Å². The van der Waals surface area contributed by atoms with E-state index in [-0.39, 0.29) is 5.97 Å². The van der Waals surface area contributed by atoms with E-state index in [4.69, 9.17) is 16.3 Å². The van der Waals surface area contributed by atoms with Crippen molar-refractivity contribution in [3.63, 3.8) is 0 Å². The fourth-order valence-corrected chi connectivity index (χ4v) is 1.72. The Morgan fingerprint density at radius 1 is 1.41 bits per heavy atom. The predicted octanol–water partition coefficient (Wildman–Crippen LogP) is 2.35. The van der Waals surface area contributed by atoms with Crippen LogP contribution in [0.4, 0.5) is 5.69 Å². The lowest BCUT2D eigenvalue weighted by Gasteiger charge is -2.20. The van der Waals surface area contributed by atoms with Crippen LogP contribution in [0.15, 0.2) is 18.2 Å². The van der Waals surface area contributed by atoms with Crippen molar-refractivity contribution in [1.29, 1.82) is 0 Å². The third-order valence-corrected chi connectivity index (χ3v) is 2.75. The van der Waals surface area contributed by atoms with Gasteiger partial charge in [-0.25, -0.2) is 0 Å². The van der Waals surface area contributed by atoms with Gasteiger partial charge in [-0.15, -0.1) is 0 Å². The first-order chi connectivity index (χ1) is 8.08. The molecule has 0 aliphatic rings. The van der Waals surface area contributed by atoms with Crippen molar-refractivity contribution in [2.75, 3.05) is 32.7 Å². The molecule has 0 saturated carbocycles. The molecule has 0 aromatic heterocycles. The Hall–Kier alpha value is -1.42. The quantitative estimate of drug-likeness (QED) is 0.759. The van der Waals surface area contributed by atoms with Gasteiger partial charge in [-0.05, 0) is 12.1 Å². The molecule has 4 nitrogen and oxygen atoms in total. The molecule has 0 radical (unpaired) electrons. The minimum atomic E-state index is -0.235. The summed E-state index contributed by atoms with van der Waals surface area (Å²) in [7, 11) is 4.84. The number of ether oxygens (including phenoxy) is 2. The van der Waals surface area contributed by atoms with Gasteiger partial charge in [0.15, 0.2) is 0 Å². The van der Waals surface area contributed by atoms with Gasteiger partial charge < -0.3 is 14.4 Å². The average molecular weight is 258 g/mol. The van der Waals surface area contributed by atoms with Crippen molar-refractivity contribution in [3.8, 4) is 5.75 Å². The van der Waals surface area contributed by atoms with Crippen LogP contribution in [0.1, 0.15) is 6.42 Å². The highest BCUT2D eigenvalue weighted by Gasteiger charge is 2.09. The van der Waals surface area contributed by atoms with Gasteiger partial charge in [0.25, 0.3) is 0 Å². The number of anilines is 1. The van der Waals surface area contributed by atoms with Crippen LogP contribution in [0, 0.1) is 0 Å². The largest absolute Gasteiger partial charge is 0.497 e. The molecule has 0 saturated heterocycles. The summed E-state index contributed by atoms with van der Waals surface area (Å²) in [4.78, 5) is 12.9. The molecule has 0 spiro atoms. The van der Waals surface area contributed by atoms with Crippen molar-refractivity contribution in [1.82, 2.24) is 0 Å². The van der Waals surface area contributed by atoms with Crippen LogP contribution in [0.5, 0.6) is 5.75 Å². The van der Waals surface area contributed by atoms with E-state index in [1.165, 1.54) is 7.11 Å². The maximum Gasteiger partial charge on any atom is 0.307 e. The molecule has 17 heavy (non-hydrogen) atoms. The number of hydrogen-bond acceptors (Lipinski definition) is 4. The number of nitrogens with zero attached hydrogens (tertiary/aromatic N) is 1. The molecular weight excluding hydrogens is 242 g/mol.